The molecule has 0 heterocycles. The molecule has 0 spiro atoms. The molecule has 2 nitrogen and oxygen atoms in total. The lowest BCUT2D eigenvalue weighted by molar-refractivity contribution is 0.311. The largest absolute Gasteiger partial charge is 0.493 e. The van der Waals surface area contributed by atoms with Crippen LogP contribution in [0.5, 0.6) is 11.5 Å². The summed E-state index contributed by atoms with van der Waals surface area (Å²) in [6.07, 6.45) is 2.15. The maximum Gasteiger partial charge on any atom is 0.145 e. The molecule has 102 valence electrons. The molecule has 0 N–H and O–H groups in total. The minimum absolute atomic E-state index is 0.597. The Bertz CT molecular complexity index is 552. The number of fused-ring (bicyclic) bond motifs is 1. The Kier molecular flexibility index (Phi) is 4.92. The van der Waals surface area contributed by atoms with Crippen molar-refractivity contribution < 1.29 is 9.47 Å². The maximum atomic E-state index is 6.29. The van der Waals surface area contributed by atoms with Crippen molar-refractivity contribution in [3.8, 4) is 11.5 Å². The summed E-state index contributed by atoms with van der Waals surface area (Å²) in [7, 11) is 0. The third-order valence-corrected chi connectivity index (χ3v) is 3.24. The summed E-state index contributed by atoms with van der Waals surface area (Å²) in [5, 5.41) is 2.65. The van der Waals surface area contributed by atoms with Crippen molar-refractivity contribution in [3.63, 3.8) is 0 Å². The summed E-state index contributed by atoms with van der Waals surface area (Å²) in [5.41, 5.74) is 0. The van der Waals surface area contributed by atoms with Crippen molar-refractivity contribution in [1.29, 1.82) is 0 Å². The number of unbranched alkanes of at least 4 members (excludes halogenated alkanes) is 1. The third-order valence-electron chi connectivity index (χ3n) is 2.96. The molecule has 0 saturated carbocycles. The van der Waals surface area contributed by atoms with Crippen LogP contribution in [0.15, 0.2) is 30.3 Å². The standard InChI is InChI=1S/C16H19ClO2/c1-3-5-10-19-15-11-14(17)16(18-4-2)13-9-7-6-8-12(13)15/h6-9,11H,3-5,10H2,1-2H3. The van der Waals surface area contributed by atoms with Crippen LogP contribution in [0.4, 0.5) is 0 Å². The molecule has 2 rings (SSSR count). The first-order chi connectivity index (χ1) is 9.27. The fourth-order valence-corrected chi connectivity index (χ4v) is 2.28. The van der Waals surface area contributed by atoms with E-state index in [1.165, 1.54) is 0 Å². The second kappa shape index (κ2) is 6.67. The lowest BCUT2D eigenvalue weighted by atomic mass is 10.1. The molecule has 19 heavy (non-hydrogen) atoms. The maximum absolute atomic E-state index is 6.29. The zero-order valence-electron chi connectivity index (χ0n) is 11.4. The molecule has 0 aliphatic carbocycles. The van der Waals surface area contributed by atoms with Gasteiger partial charge in [0.05, 0.1) is 18.2 Å². The van der Waals surface area contributed by atoms with Gasteiger partial charge in [-0.1, -0.05) is 49.2 Å². The van der Waals surface area contributed by atoms with Gasteiger partial charge in [-0.15, -0.1) is 0 Å². The summed E-state index contributed by atoms with van der Waals surface area (Å²) in [5.74, 6) is 1.57. The van der Waals surface area contributed by atoms with E-state index < -0.39 is 0 Å². The smallest absolute Gasteiger partial charge is 0.145 e. The van der Waals surface area contributed by atoms with Crippen molar-refractivity contribution in [2.75, 3.05) is 13.2 Å². The normalized spacial score (nSPS) is 10.7. The number of hydrogen-bond donors (Lipinski definition) is 0. The van der Waals surface area contributed by atoms with Crippen LogP contribution in [-0.4, -0.2) is 13.2 Å². The Balaban J connectivity index is 2.45. The van der Waals surface area contributed by atoms with Crippen LogP contribution in [0, 0.1) is 0 Å². The van der Waals surface area contributed by atoms with E-state index in [-0.39, 0.29) is 0 Å². The van der Waals surface area contributed by atoms with Gasteiger partial charge in [-0.25, -0.2) is 0 Å². The lowest BCUT2D eigenvalue weighted by Crippen LogP contribution is -1.99. The molecule has 3 heteroatoms. The van der Waals surface area contributed by atoms with Crippen LogP contribution in [0.25, 0.3) is 10.8 Å². The average Bonchev–Trinajstić information content (AvgIpc) is 2.43. The highest BCUT2D eigenvalue weighted by Crippen LogP contribution is 2.39. The van der Waals surface area contributed by atoms with Crippen molar-refractivity contribution in [3.05, 3.63) is 35.4 Å². The molecule has 0 atom stereocenters. The Morgan fingerprint density at radius 3 is 2.47 bits per heavy atom. The topological polar surface area (TPSA) is 18.5 Å². The number of halogens is 1. The Morgan fingerprint density at radius 2 is 1.79 bits per heavy atom. The van der Waals surface area contributed by atoms with Gasteiger partial charge in [0.2, 0.25) is 0 Å². The SMILES string of the molecule is CCCCOc1cc(Cl)c(OCC)c2ccccc12. The van der Waals surface area contributed by atoms with Crippen molar-refractivity contribution in [1.82, 2.24) is 0 Å². The Hall–Kier alpha value is -1.41. The van der Waals surface area contributed by atoms with Gasteiger partial charge in [0.15, 0.2) is 0 Å². The van der Waals surface area contributed by atoms with E-state index in [1.54, 1.807) is 0 Å². The quantitative estimate of drug-likeness (QED) is 0.687. The van der Waals surface area contributed by atoms with Crippen LogP contribution >= 0.6 is 11.6 Å². The minimum atomic E-state index is 0.597. The highest BCUT2D eigenvalue weighted by Gasteiger charge is 2.12. The van der Waals surface area contributed by atoms with Crippen LogP contribution in [-0.2, 0) is 0 Å². The van der Waals surface area contributed by atoms with Gasteiger partial charge < -0.3 is 9.47 Å². The van der Waals surface area contributed by atoms with Crippen LogP contribution in [0.1, 0.15) is 26.7 Å². The van der Waals surface area contributed by atoms with E-state index in [0.717, 1.165) is 35.1 Å². The van der Waals surface area contributed by atoms with Crippen LogP contribution in [0.3, 0.4) is 0 Å². The average molecular weight is 279 g/mol. The minimum Gasteiger partial charge on any atom is -0.493 e. The number of hydrogen-bond acceptors (Lipinski definition) is 2. The molecule has 0 aromatic heterocycles. The molecular formula is C16H19ClO2. The molecule has 0 amide bonds. The van der Waals surface area contributed by atoms with E-state index in [9.17, 15) is 0 Å². The van der Waals surface area contributed by atoms with Gasteiger partial charge in [0.25, 0.3) is 0 Å². The monoisotopic (exact) mass is 278 g/mol. The van der Waals surface area contributed by atoms with E-state index in [1.807, 2.05) is 37.3 Å². The van der Waals surface area contributed by atoms with E-state index in [0.29, 0.717) is 18.2 Å². The molecule has 0 saturated heterocycles. The summed E-state index contributed by atoms with van der Waals surface area (Å²) in [4.78, 5) is 0. The second-order valence-corrected chi connectivity index (χ2v) is 4.77. The van der Waals surface area contributed by atoms with Crippen LogP contribution < -0.4 is 9.47 Å². The second-order valence-electron chi connectivity index (χ2n) is 4.37. The summed E-state index contributed by atoms with van der Waals surface area (Å²) < 4.78 is 11.5. The van der Waals surface area contributed by atoms with E-state index >= 15 is 0 Å². The van der Waals surface area contributed by atoms with Gasteiger partial charge in [-0.3, -0.25) is 0 Å². The first-order valence-electron chi connectivity index (χ1n) is 6.74. The van der Waals surface area contributed by atoms with E-state index in [4.69, 9.17) is 21.1 Å². The fraction of sp³-hybridized carbons (Fsp3) is 0.375. The summed E-state index contributed by atoms with van der Waals surface area (Å²) >= 11 is 6.29. The predicted molar refractivity (Wildman–Crippen MR) is 80.5 cm³/mol. The molecule has 2 aromatic rings. The van der Waals surface area contributed by atoms with Crippen LogP contribution in [0.2, 0.25) is 5.02 Å². The molecule has 0 fully saturated rings. The zero-order valence-corrected chi connectivity index (χ0v) is 12.2. The first-order valence-corrected chi connectivity index (χ1v) is 7.12. The Morgan fingerprint density at radius 1 is 1.05 bits per heavy atom. The number of benzene rings is 2. The molecule has 0 aliphatic rings. The van der Waals surface area contributed by atoms with Gasteiger partial charge >= 0.3 is 0 Å². The van der Waals surface area contributed by atoms with Crippen molar-refractivity contribution >= 4 is 22.4 Å². The van der Waals surface area contributed by atoms with Gasteiger partial charge in [0, 0.05) is 16.8 Å². The summed E-state index contributed by atoms with van der Waals surface area (Å²) in [6.45, 7) is 5.41. The zero-order chi connectivity index (χ0) is 13.7. The summed E-state index contributed by atoms with van der Waals surface area (Å²) in [6, 6.07) is 9.88. The van der Waals surface area contributed by atoms with E-state index in [2.05, 4.69) is 6.92 Å². The first kappa shape index (κ1) is 14.0. The molecule has 0 aliphatic heterocycles. The molecular weight excluding hydrogens is 260 g/mol. The Labute approximate surface area is 119 Å². The van der Waals surface area contributed by atoms with Gasteiger partial charge in [-0.05, 0) is 13.3 Å². The number of ether oxygens (including phenoxy) is 2. The molecule has 2 aromatic carbocycles. The van der Waals surface area contributed by atoms with Gasteiger partial charge in [-0.2, -0.15) is 0 Å². The number of rotatable bonds is 6. The molecule has 0 radical (unpaired) electrons. The van der Waals surface area contributed by atoms with Crippen molar-refractivity contribution in [2.24, 2.45) is 0 Å². The predicted octanol–water partition coefficient (Wildman–Crippen LogP) is 5.07. The fourth-order valence-electron chi connectivity index (χ4n) is 2.02. The van der Waals surface area contributed by atoms with Crippen molar-refractivity contribution in [2.45, 2.75) is 26.7 Å². The molecule has 0 unspecified atom stereocenters. The highest BCUT2D eigenvalue weighted by molar-refractivity contribution is 6.33. The molecule has 0 bridgehead atoms. The lowest BCUT2D eigenvalue weighted by Gasteiger charge is -2.14. The van der Waals surface area contributed by atoms with Gasteiger partial charge in [0.1, 0.15) is 11.5 Å². The highest BCUT2D eigenvalue weighted by atomic mass is 35.5. The third kappa shape index (κ3) is 3.13.